The molecule has 0 aromatic carbocycles. The van der Waals surface area contributed by atoms with Crippen LogP contribution in [0.5, 0.6) is 0 Å². The molecule has 178 valence electrons. The molecule has 0 bridgehead atoms. The number of aromatic nitrogens is 2. The standard InChI is InChI=1S/C26H29F2N5O/c1-5-15(3)20(22-7-8-31-33-22)9-16(4)19(6-2)17-10-18-14-30-24(11-23(18)29-13-17)32-25(34)21-12-26(21,27)28/h6,9-11,13-14,21,31H,5,7-8,12H2,1-4H3,(H,30,32,34)/b16-9-,19-6+,20-15-. The number of pyridine rings is 2. The maximum Gasteiger partial charge on any atom is 0.260 e. The summed E-state index contributed by atoms with van der Waals surface area (Å²) >= 11 is 0. The van der Waals surface area contributed by atoms with E-state index < -0.39 is 24.2 Å². The van der Waals surface area contributed by atoms with E-state index in [1.165, 1.54) is 11.1 Å². The largest absolute Gasteiger partial charge is 0.310 e. The SMILES string of the molecule is C\C=C(/C(C)=C\C(C1=NNCC1)=C(/C)CC)c1cnc2cc(NC(=O)C3CC3(F)F)ncc2c1. The summed E-state index contributed by atoms with van der Waals surface area (Å²) in [5.41, 5.74) is 10.3. The zero-order chi connectivity index (χ0) is 24.5. The number of allylic oxidation sites excluding steroid dienone is 6. The predicted molar refractivity (Wildman–Crippen MR) is 132 cm³/mol. The summed E-state index contributed by atoms with van der Waals surface area (Å²) in [4.78, 5) is 20.7. The van der Waals surface area contributed by atoms with Gasteiger partial charge in [-0.3, -0.25) is 9.78 Å². The van der Waals surface area contributed by atoms with E-state index in [1.54, 1.807) is 18.5 Å². The number of fused-ring (bicyclic) bond motifs is 1. The summed E-state index contributed by atoms with van der Waals surface area (Å²) in [5.74, 6) is -4.67. The van der Waals surface area contributed by atoms with E-state index in [0.29, 0.717) is 5.52 Å². The molecule has 6 nitrogen and oxygen atoms in total. The van der Waals surface area contributed by atoms with Crippen LogP contribution < -0.4 is 10.7 Å². The quantitative estimate of drug-likeness (QED) is 0.518. The predicted octanol–water partition coefficient (Wildman–Crippen LogP) is 5.65. The first kappa shape index (κ1) is 23.7. The summed E-state index contributed by atoms with van der Waals surface area (Å²) in [6, 6.07) is 3.60. The zero-order valence-electron chi connectivity index (χ0n) is 19.9. The van der Waals surface area contributed by atoms with Crippen LogP contribution in [0.15, 0.2) is 58.5 Å². The molecule has 34 heavy (non-hydrogen) atoms. The topological polar surface area (TPSA) is 79.3 Å². The number of carbonyl (C=O) groups is 1. The summed E-state index contributed by atoms with van der Waals surface area (Å²) in [5, 5.41) is 7.73. The average molecular weight is 466 g/mol. The van der Waals surface area contributed by atoms with Crippen molar-refractivity contribution in [2.24, 2.45) is 11.0 Å². The Morgan fingerprint density at radius 1 is 1.26 bits per heavy atom. The van der Waals surface area contributed by atoms with E-state index in [2.05, 4.69) is 58.7 Å². The maximum absolute atomic E-state index is 13.1. The van der Waals surface area contributed by atoms with Gasteiger partial charge in [-0.2, -0.15) is 5.10 Å². The Hall–Kier alpha value is -3.42. The normalized spacial score (nSPS) is 20.5. The summed E-state index contributed by atoms with van der Waals surface area (Å²) in [6.45, 7) is 9.21. The molecule has 2 aromatic heterocycles. The molecular formula is C26H29F2N5O. The van der Waals surface area contributed by atoms with Gasteiger partial charge in [0.15, 0.2) is 0 Å². The van der Waals surface area contributed by atoms with Crippen molar-refractivity contribution in [1.82, 2.24) is 15.4 Å². The third-order valence-corrected chi connectivity index (χ3v) is 6.33. The van der Waals surface area contributed by atoms with Crippen molar-refractivity contribution < 1.29 is 13.6 Å². The van der Waals surface area contributed by atoms with Gasteiger partial charge in [-0.15, -0.1) is 0 Å². The van der Waals surface area contributed by atoms with Crippen LogP contribution in [0.1, 0.15) is 52.5 Å². The van der Waals surface area contributed by atoms with Crippen LogP contribution in [0.2, 0.25) is 0 Å². The summed E-state index contributed by atoms with van der Waals surface area (Å²) in [6.07, 6.45) is 9.07. The number of amides is 1. The lowest BCUT2D eigenvalue weighted by atomic mass is 9.93. The number of hydrogen-bond donors (Lipinski definition) is 2. The molecule has 1 unspecified atom stereocenters. The fourth-order valence-electron chi connectivity index (χ4n) is 4.08. The minimum absolute atomic E-state index is 0.221. The second-order valence-electron chi connectivity index (χ2n) is 8.79. The van der Waals surface area contributed by atoms with E-state index in [1.807, 2.05) is 13.0 Å². The summed E-state index contributed by atoms with van der Waals surface area (Å²) < 4.78 is 26.3. The first-order chi connectivity index (χ1) is 16.2. The van der Waals surface area contributed by atoms with Gasteiger partial charge in [-0.1, -0.05) is 18.6 Å². The Labute approximate surface area is 197 Å². The van der Waals surface area contributed by atoms with Crippen LogP contribution in [0.4, 0.5) is 14.6 Å². The lowest BCUT2D eigenvalue weighted by Crippen LogP contribution is -2.18. The molecule has 1 atom stereocenters. The van der Waals surface area contributed by atoms with Gasteiger partial charge in [-0.25, -0.2) is 13.8 Å². The van der Waals surface area contributed by atoms with Crippen molar-refractivity contribution in [2.75, 3.05) is 11.9 Å². The van der Waals surface area contributed by atoms with Gasteiger partial charge in [0, 0.05) is 48.8 Å². The molecule has 2 aromatic rings. The molecule has 1 fully saturated rings. The lowest BCUT2D eigenvalue weighted by molar-refractivity contribution is -0.119. The van der Waals surface area contributed by atoms with E-state index in [9.17, 15) is 13.6 Å². The van der Waals surface area contributed by atoms with Crippen LogP contribution in [0, 0.1) is 5.92 Å². The highest BCUT2D eigenvalue weighted by atomic mass is 19.3. The maximum atomic E-state index is 13.1. The van der Waals surface area contributed by atoms with Crippen molar-refractivity contribution in [3.63, 3.8) is 0 Å². The molecule has 1 saturated carbocycles. The van der Waals surface area contributed by atoms with Crippen molar-refractivity contribution in [2.45, 2.75) is 52.9 Å². The van der Waals surface area contributed by atoms with E-state index in [-0.39, 0.29) is 5.82 Å². The molecule has 2 N–H and O–H groups in total. The number of rotatable bonds is 7. The molecule has 3 heterocycles. The lowest BCUT2D eigenvalue weighted by Gasteiger charge is -2.13. The van der Waals surface area contributed by atoms with Gasteiger partial charge in [0.05, 0.1) is 11.2 Å². The molecule has 4 rings (SSSR count). The molecule has 2 aliphatic rings. The van der Waals surface area contributed by atoms with Crippen LogP contribution >= 0.6 is 0 Å². The van der Waals surface area contributed by atoms with Crippen molar-refractivity contribution in [3.8, 4) is 0 Å². The number of anilines is 1. The number of carbonyl (C=O) groups excluding carboxylic acids is 1. The third-order valence-electron chi connectivity index (χ3n) is 6.33. The van der Waals surface area contributed by atoms with Crippen molar-refractivity contribution >= 4 is 33.9 Å². The highest BCUT2D eigenvalue weighted by Crippen LogP contribution is 2.49. The van der Waals surface area contributed by atoms with Crippen LogP contribution in [-0.2, 0) is 4.79 Å². The number of halogens is 2. The Morgan fingerprint density at radius 3 is 2.65 bits per heavy atom. The Bertz CT molecular complexity index is 1260. The fourth-order valence-corrected chi connectivity index (χ4v) is 4.08. The van der Waals surface area contributed by atoms with E-state index in [0.717, 1.165) is 47.2 Å². The van der Waals surface area contributed by atoms with Gasteiger partial charge >= 0.3 is 0 Å². The molecule has 1 amide bonds. The minimum atomic E-state index is -2.91. The third kappa shape index (κ3) is 4.90. The van der Waals surface area contributed by atoms with Gasteiger partial charge in [0.1, 0.15) is 11.7 Å². The molecule has 8 heteroatoms. The first-order valence-electron chi connectivity index (χ1n) is 11.5. The van der Waals surface area contributed by atoms with Gasteiger partial charge < -0.3 is 10.7 Å². The van der Waals surface area contributed by atoms with Crippen LogP contribution in [0.25, 0.3) is 16.5 Å². The first-order valence-corrected chi connectivity index (χ1v) is 11.5. The Morgan fingerprint density at radius 2 is 2.03 bits per heavy atom. The van der Waals surface area contributed by atoms with Crippen LogP contribution in [-0.4, -0.2) is 34.1 Å². The van der Waals surface area contributed by atoms with Gasteiger partial charge in [0.2, 0.25) is 5.91 Å². The molecular weight excluding hydrogens is 436 g/mol. The van der Waals surface area contributed by atoms with Crippen molar-refractivity contribution in [3.05, 3.63) is 59.0 Å². The zero-order valence-corrected chi connectivity index (χ0v) is 19.9. The number of nitrogens with one attached hydrogen (secondary N) is 2. The second kappa shape index (κ2) is 9.44. The second-order valence-corrected chi connectivity index (χ2v) is 8.79. The molecule has 0 saturated heterocycles. The van der Waals surface area contributed by atoms with Gasteiger partial charge in [-0.05, 0) is 56.1 Å². The van der Waals surface area contributed by atoms with E-state index in [4.69, 9.17) is 0 Å². The average Bonchev–Trinajstić information content (AvgIpc) is 3.20. The molecule has 1 aliphatic carbocycles. The highest BCUT2D eigenvalue weighted by Gasteiger charge is 2.61. The monoisotopic (exact) mass is 465 g/mol. The number of alkyl halides is 2. The number of nitrogens with zero attached hydrogens (tertiary/aromatic N) is 3. The molecule has 0 radical (unpaired) electrons. The highest BCUT2D eigenvalue weighted by molar-refractivity contribution is 6.04. The number of hydrazone groups is 1. The minimum Gasteiger partial charge on any atom is -0.310 e. The van der Waals surface area contributed by atoms with Gasteiger partial charge in [0.25, 0.3) is 5.92 Å². The molecule has 1 aliphatic heterocycles. The van der Waals surface area contributed by atoms with Crippen molar-refractivity contribution in [1.29, 1.82) is 0 Å². The Balaban J connectivity index is 1.59. The smallest absolute Gasteiger partial charge is 0.260 e. The summed E-state index contributed by atoms with van der Waals surface area (Å²) in [7, 11) is 0. The number of hydrogen-bond acceptors (Lipinski definition) is 5. The Kier molecular flexibility index (Phi) is 6.59. The fraction of sp³-hybridized carbons (Fsp3) is 0.385. The van der Waals surface area contributed by atoms with Crippen LogP contribution in [0.3, 0.4) is 0 Å². The van der Waals surface area contributed by atoms with E-state index >= 15 is 0 Å². The molecule has 0 spiro atoms.